The van der Waals surface area contributed by atoms with Crippen molar-refractivity contribution in [2.45, 2.75) is 68.4 Å². The zero-order valence-electron chi connectivity index (χ0n) is 23.9. The predicted octanol–water partition coefficient (Wildman–Crippen LogP) is 8.27. The lowest BCUT2D eigenvalue weighted by molar-refractivity contribution is -0.146. The highest BCUT2D eigenvalue weighted by molar-refractivity contribution is 8.77. The maximum atomic E-state index is 14.7. The fourth-order valence-corrected chi connectivity index (χ4v) is 8.56. The second-order valence-electron chi connectivity index (χ2n) is 10.3. The Labute approximate surface area is 255 Å². The normalized spacial score (nSPS) is 19.5. The molecular formula is C32H39FO5S3. The standard InChI is InChI=1S/C32H39FO5S3/c1-22-17-29-24(18-23-7-9-26(39-2)10-8-23)19-25(33)20-30(29)28(22)21-32(35)38-15-13-36-12-14-37-31(34)6-4-3-5-27-11-16-40-41-27/h7-10,18,20,27H,3-6,11-17,19,21H2,1-2H3. The van der Waals surface area contributed by atoms with Gasteiger partial charge >= 0.3 is 11.9 Å². The van der Waals surface area contributed by atoms with Gasteiger partial charge in [0.2, 0.25) is 0 Å². The first-order valence-corrected chi connectivity index (χ1v) is 17.8. The minimum absolute atomic E-state index is 0.0973. The van der Waals surface area contributed by atoms with Gasteiger partial charge in [-0.25, -0.2) is 4.39 Å². The van der Waals surface area contributed by atoms with Gasteiger partial charge in [-0.15, -0.1) is 11.8 Å². The van der Waals surface area contributed by atoms with E-state index in [1.807, 2.05) is 53.0 Å². The second-order valence-corrected chi connectivity index (χ2v) is 14.0. The van der Waals surface area contributed by atoms with Crippen LogP contribution in [0.3, 0.4) is 0 Å². The van der Waals surface area contributed by atoms with E-state index in [4.69, 9.17) is 14.2 Å². The second kappa shape index (κ2) is 16.6. The quantitative estimate of drug-likeness (QED) is 0.0843. The molecule has 0 saturated carbocycles. The van der Waals surface area contributed by atoms with E-state index in [2.05, 4.69) is 12.1 Å². The first-order chi connectivity index (χ1) is 19.9. The van der Waals surface area contributed by atoms with Crippen molar-refractivity contribution in [3.63, 3.8) is 0 Å². The first kappa shape index (κ1) is 32.0. The zero-order valence-corrected chi connectivity index (χ0v) is 26.3. The highest BCUT2D eigenvalue weighted by Gasteiger charge is 2.29. The number of unbranched alkanes of at least 4 members (excludes halogenated alkanes) is 1. The Hall–Kier alpha value is -1.94. The summed E-state index contributed by atoms with van der Waals surface area (Å²) in [7, 11) is 3.91. The van der Waals surface area contributed by atoms with E-state index in [0.29, 0.717) is 12.8 Å². The van der Waals surface area contributed by atoms with Crippen LogP contribution in [0.25, 0.3) is 6.08 Å². The van der Waals surface area contributed by atoms with Crippen molar-refractivity contribution in [3.8, 4) is 0 Å². The fraction of sp³-hybridized carbons (Fsp3) is 0.500. The minimum Gasteiger partial charge on any atom is -0.463 e. The third-order valence-corrected chi connectivity index (χ3v) is 11.0. The number of ether oxygens (including phenoxy) is 3. The van der Waals surface area contributed by atoms with Crippen LogP contribution in [0.15, 0.2) is 68.9 Å². The number of rotatable bonds is 15. The van der Waals surface area contributed by atoms with Crippen LogP contribution in [0.5, 0.6) is 0 Å². The average Bonchev–Trinajstić information content (AvgIpc) is 3.59. The molecule has 5 nitrogen and oxygen atoms in total. The van der Waals surface area contributed by atoms with Crippen LogP contribution in [-0.4, -0.2) is 55.6 Å². The Morgan fingerprint density at radius 1 is 1.05 bits per heavy atom. The maximum absolute atomic E-state index is 14.7. The lowest BCUT2D eigenvalue weighted by Crippen LogP contribution is -2.15. The Kier molecular flexibility index (Phi) is 13.0. The molecule has 9 heteroatoms. The van der Waals surface area contributed by atoms with Crippen molar-refractivity contribution in [1.82, 2.24) is 0 Å². The number of hydrogen-bond acceptors (Lipinski definition) is 8. The molecule has 1 aromatic carbocycles. The van der Waals surface area contributed by atoms with Crippen molar-refractivity contribution < 1.29 is 28.2 Å². The third kappa shape index (κ3) is 10.1. The molecule has 0 aromatic heterocycles. The van der Waals surface area contributed by atoms with E-state index in [9.17, 15) is 14.0 Å². The molecule has 0 bridgehead atoms. The molecule has 1 unspecified atom stereocenters. The van der Waals surface area contributed by atoms with Gasteiger partial charge in [0, 0.05) is 28.7 Å². The maximum Gasteiger partial charge on any atom is 0.310 e. The molecule has 0 radical (unpaired) electrons. The summed E-state index contributed by atoms with van der Waals surface area (Å²) in [6, 6.07) is 8.23. The smallest absolute Gasteiger partial charge is 0.310 e. The van der Waals surface area contributed by atoms with E-state index < -0.39 is 0 Å². The number of benzene rings is 1. The molecule has 1 aromatic rings. The Bertz CT molecular complexity index is 1200. The zero-order chi connectivity index (χ0) is 29.0. The number of hydrogen-bond donors (Lipinski definition) is 0. The van der Waals surface area contributed by atoms with E-state index >= 15 is 0 Å². The SMILES string of the molecule is CSc1ccc(C=C2CC(F)=CC3=C2CC(C)=C3CC(=O)OCCOCCOC(=O)CCCCC2CCSS2)cc1. The lowest BCUT2D eigenvalue weighted by Gasteiger charge is -2.17. The van der Waals surface area contributed by atoms with E-state index in [1.54, 1.807) is 17.8 Å². The molecule has 1 heterocycles. The molecule has 0 N–H and O–H groups in total. The topological polar surface area (TPSA) is 61.8 Å². The van der Waals surface area contributed by atoms with Crippen molar-refractivity contribution in [1.29, 1.82) is 0 Å². The summed E-state index contributed by atoms with van der Waals surface area (Å²) in [6.07, 6.45) is 11.5. The molecule has 1 atom stereocenters. The average molecular weight is 619 g/mol. The van der Waals surface area contributed by atoms with E-state index in [-0.39, 0.29) is 57.0 Å². The van der Waals surface area contributed by atoms with Crippen molar-refractivity contribution in [2.24, 2.45) is 0 Å². The van der Waals surface area contributed by atoms with Crippen LogP contribution in [0.4, 0.5) is 4.39 Å². The summed E-state index contributed by atoms with van der Waals surface area (Å²) in [4.78, 5) is 25.6. The van der Waals surface area contributed by atoms with Gasteiger partial charge in [-0.1, -0.05) is 51.8 Å². The van der Waals surface area contributed by atoms with Crippen molar-refractivity contribution in [3.05, 3.63) is 69.6 Å². The van der Waals surface area contributed by atoms with Crippen LogP contribution in [0, 0.1) is 0 Å². The molecule has 1 fully saturated rings. The highest BCUT2D eigenvalue weighted by Crippen LogP contribution is 2.44. The monoisotopic (exact) mass is 618 g/mol. The summed E-state index contributed by atoms with van der Waals surface area (Å²) in [5.74, 6) is 0.477. The molecule has 1 aliphatic heterocycles. The van der Waals surface area contributed by atoms with Gasteiger partial charge in [0.15, 0.2) is 0 Å². The van der Waals surface area contributed by atoms with Crippen molar-refractivity contribution in [2.75, 3.05) is 38.4 Å². The van der Waals surface area contributed by atoms with Gasteiger partial charge in [0.25, 0.3) is 0 Å². The van der Waals surface area contributed by atoms with Gasteiger partial charge in [0.1, 0.15) is 19.0 Å². The van der Waals surface area contributed by atoms with Gasteiger partial charge in [-0.05, 0) is 84.9 Å². The van der Waals surface area contributed by atoms with Gasteiger partial charge in [-0.2, -0.15) is 0 Å². The molecule has 0 spiro atoms. The molecule has 4 rings (SSSR count). The Morgan fingerprint density at radius 2 is 1.80 bits per heavy atom. The molecule has 41 heavy (non-hydrogen) atoms. The molecular weight excluding hydrogens is 580 g/mol. The predicted molar refractivity (Wildman–Crippen MR) is 169 cm³/mol. The van der Waals surface area contributed by atoms with Crippen LogP contribution >= 0.6 is 33.3 Å². The van der Waals surface area contributed by atoms with Gasteiger partial charge in [-0.3, -0.25) is 9.59 Å². The van der Waals surface area contributed by atoms with Crippen LogP contribution in [0.1, 0.15) is 63.9 Å². The molecule has 1 saturated heterocycles. The highest BCUT2D eigenvalue weighted by atomic mass is 33.1. The third-order valence-electron chi connectivity index (χ3n) is 7.30. The lowest BCUT2D eigenvalue weighted by atomic mass is 9.89. The summed E-state index contributed by atoms with van der Waals surface area (Å²) in [6.45, 7) is 2.79. The number of thioether (sulfide) groups is 1. The Morgan fingerprint density at radius 3 is 2.51 bits per heavy atom. The van der Waals surface area contributed by atoms with Crippen molar-refractivity contribution >= 4 is 51.4 Å². The summed E-state index contributed by atoms with van der Waals surface area (Å²) >= 11 is 1.69. The van der Waals surface area contributed by atoms with Crippen LogP contribution in [0.2, 0.25) is 0 Å². The number of carbonyl (C=O) groups is 2. The van der Waals surface area contributed by atoms with Crippen LogP contribution < -0.4 is 0 Å². The van der Waals surface area contributed by atoms with E-state index in [1.165, 1.54) is 23.5 Å². The van der Waals surface area contributed by atoms with E-state index in [0.717, 1.165) is 51.5 Å². The number of halogens is 1. The van der Waals surface area contributed by atoms with Crippen LogP contribution in [-0.2, 0) is 23.8 Å². The number of allylic oxidation sites excluding steroid dienone is 6. The van der Waals surface area contributed by atoms with Gasteiger partial charge in [0.05, 0.1) is 19.6 Å². The Balaban J connectivity index is 1.14. The minimum atomic E-state index is -0.365. The van der Waals surface area contributed by atoms with Gasteiger partial charge < -0.3 is 14.2 Å². The fourth-order valence-electron chi connectivity index (χ4n) is 5.13. The number of carbonyl (C=O) groups excluding carboxylic acids is 2. The molecule has 222 valence electrons. The summed E-state index contributed by atoms with van der Waals surface area (Å²) in [5, 5.41) is 0.739. The molecule has 3 aliphatic rings. The summed E-state index contributed by atoms with van der Waals surface area (Å²) < 4.78 is 30.7. The largest absolute Gasteiger partial charge is 0.463 e. The first-order valence-electron chi connectivity index (χ1n) is 14.2. The summed E-state index contributed by atoms with van der Waals surface area (Å²) in [5.41, 5.74) is 5.80. The molecule has 2 aliphatic carbocycles. The number of esters is 2. The molecule has 0 amide bonds.